The van der Waals surface area contributed by atoms with Gasteiger partial charge in [-0.3, -0.25) is 9.52 Å². The lowest BCUT2D eigenvalue weighted by Gasteiger charge is -2.16. The Morgan fingerprint density at radius 2 is 2.04 bits per heavy atom. The van der Waals surface area contributed by atoms with Crippen LogP contribution in [0.25, 0.3) is 0 Å². The minimum Gasteiger partial charge on any atom is -0.492 e. The summed E-state index contributed by atoms with van der Waals surface area (Å²) in [6, 6.07) is 10.1. The third-order valence-corrected chi connectivity index (χ3v) is 6.00. The van der Waals surface area contributed by atoms with Crippen molar-refractivity contribution >= 4 is 43.2 Å². The average Bonchev–Trinajstić information content (AvgIpc) is 2.99. The largest absolute Gasteiger partial charge is 0.492 e. The lowest BCUT2D eigenvalue weighted by molar-refractivity contribution is -0.116. The van der Waals surface area contributed by atoms with Crippen molar-refractivity contribution in [2.75, 3.05) is 22.8 Å². The van der Waals surface area contributed by atoms with Gasteiger partial charge < -0.3 is 9.64 Å². The van der Waals surface area contributed by atoms with Crippen LogP contribution in [0.2, 0.25) is 0 Å². The highest BCUT2D eigenvalue weighted by Crippen LogP contribution is 2.33. The Balaban J connectivity index is 1.92. The maximum absolute atomic E-state index is 12.8. The molecule has 26 heavy (non-hydrogen) atoms. The first-order chi connectivity index (χ1) is 12.3. The first-order valence-electron chi connectivity index (χ1n) is 8.18. The van der Waals surface area contributed by atoms with Crippen LogP contribution in [0, 0.1) is 0 Å². The van der Waals surface area contributed by atoms with Crippen LogP contribution in [-0.2, 0) is 21.2 Å². The van der Waals surface area contributed by atoms with Crippen LogP contribution in [-0.4, -0.2) is 27.5 Å². The first-order valence-corrected chi connectivity index (χ1v) is 10.5. The van der Waals surface area contributed by atoms with Crippen LogP contribution >= 0.6 is 15.9 Å². The number of sulfonamides is 1. The van der Waals surface area contributed by atoms with Crippen LogP contribution in [0.4, 0.5) is 11.4 Å². The number of nitrogens with one attached hydrogen (secondary N) is 1. The number of benzene rings is 2. The molecule has 0 atom stereocenters. The van der Waals surface area contributed by atoms with E-state index in [2.05, 4.69) is 20.7 Å². The van der Waals surface area contributed by atoms with Gasteiger partial charge in [-0.05, 0) is 55.3 Å². The number of amides is 1. The summed E-state index contributed by atoms with van der Waals surface area (Å²) in [5.74, 6) is 0.277. The third-order valence-electron chi connectivity index (χ3n) is 4.10. The normalized spacial score (nSPS) is 13.4. The summed E-state index contributed by atoms with van der Waals surface area (Å²) in [5.41, 5.74) is 2.23. The Morgan fingerprint density at radius 3 is 2.73 bits per heavy atom. The highest BCUT2D eigenvalue weighted by Gasteiger charge is 2.24. The molecule has 0 spiro atoms. The standard InChI is InChI=1S/C18H19BrN2O4S/c1-3-25-17-7-4-14(19)11-18(17)26(23,24)20-15-5-6-16-13(10-15)8-9-21(16)12(2)22/h4-7,10-11,20H,3,8-9H2,1-2H3. The predicted molar refractivity (Wildman–Crippen MR) is 104 cm³/mol. The molecule has 0 aromatic heterocycles. The van der Waals surface area contributed by atoms with E-state index < -0.39 is 10.0 Å². The summed E-state index contributed by atoms with van der Waals surface area (Å²) in [4.78, 5) is 13.4. The monoisotopic (exact) mass is 438 g/mol. The zero-order valence-corrected chi connectivity index (χ0v) is 16.9. The summed E-state index contributed by atoms with van der Waals surface area (Å²) < 4.78 is 34.4. The highest BCUT2D eigenvalue weighted by molar-refractivity contribution is 9.10. The van der Waals surface area contributed by atoms with Gasteiger partial charge in [0.15, 0.2) is 0 Å². The molecular weight excluding hydrogens is 420 g/mol. The number of carbonyl (C=O) groups is 1. The second-order valence-electron chi connectivity index (χ2n) is 5.89. The van der Waals surface area contributed by atoms with Gasteiger partial charge in [-0.2, -0.15) is 0 Å². The Kier molecular flexibility index (Phi) is 5.24. The van der Waals surface area contributed by atoms with E-state index in [4.69, 9.17) is 4.74 Å². The van der Waals surface area contributed by atoms with Crippen molar-refractivity contribution in [3.63, 3.8) is 0 Å². The minimum absolute atomic E-state index is 0.0208. The summed E-state index contributed by atoms with van der Waals surface area (Å²) in [5, 5.41) is 0. The lowest BCUT2D eigenvalue weighted by atomic mass is 10.1. The zero-order chi connectivity index (χ0) is 18.9. The minimum atomic E-state index is -3.82. The number of carbonyl (C=O) groups excluding carboxylic acids is 1. The van der Waals surface area contributed by atoms with E-state index in [1.807, 2.05) is 0 Å². The van der Waals surface area contributed by atoms with Crippen molar-refractivity contribution in [1.82, 2.24) is 0 Å². The van der Waals surface area contributed by atoms with E-state index in [1.165, 1.54) is 13.0 Å². The molecule has 1 aliphatic rings. The quantitative estimate of drug-likeness (QED) is 0.773. The molecular formula is C18H19BrN2O4S. The Hall–Kier alpha value is -2.06. The fourth-order valence-electron chi connectivity index (χ4n) is 2.97. The van der Waals surface area contributed by atoms with Gasteiger partial charge >= 0.3 is 0 Å². The first kappa shape index (κ1) is 18.7. The molecule has 138 valence electrons. The van der Waals surface area contributed by atoms with Gasteiger partial charge in [-0.25, -0.2) is 8.42 Å². The van der Waals surface area contributed by atoms with Gasteiger partial charge in [0.05, 0.1) is 6.61 Å². The predicted octanol–water partition coefficient (Wildman–Crippen LogP) is 3.56. The topological polar surface area (TPSA) is 75.7 Å². The van der Waals surface area contributed by atoms with Gasteiger partial charge in [-0.15, -0.1) is 0 Å². The van der Waals surface area contributed by atoms with E-state index >= 15 is 0 Å². The van der Waals surface area contributed by atoms with E-state index in [9.17, 15) is 13.2 Å². The number of nitrogens with zero attached hydrogens (tertiary/aromatic N) is 1. The molecule has 0 aliphatic carbocycles. The van der Waals surface area contributed by atoms with Crippen molar-refractivity contribution in [2.24, 2.45) is 0 Å². The Bertz CT molecular complexity index is 960. The van der Waals surface area contributed by atoms with Crippen LogP contribution < -0.4 is 14.4 Å². The molecule has 8 heteroatoms. The maximum atomic E-state index is 12.8. The van der Waals surface area contributed by atoms with Crippen LogP contribution in [0.15, 0.2) is 45.8 Å². The van der Waals surface area contributed by atoms with Crippen molar-refractivity contribution in [2.45, 2.75) is 25.2 Å². The number of hydrogen-bond acceptors (Lipinski definition) is 4. The van der Waals surface area contributed by atoms with E-state index in [-0.39, 0.29) is 10.8 Å². The molecule has 6 nitrogen and oxygen atoms in total. The fraction of sp³-hybridized carbons (Fsp3) is 0.278. The van der Waals surface area contributed by atoms with Gasteiger partial charge in [0, 0.05) is 29.3 Å². The van der Waals surface area contributed by atoms with Crippen molar-refractivity contribution in [1.29, 1.82) is 0 Å². The number of rotatable bonds is 5. The molecule has 0 radical (unpaired) electrons. The van der Waals surface area contributed by atoms with Crippen LogP contribution in [0.5, 0.6) is 5.75 Å². The van der Waals surface area contributed by atoms with E-state index in [1.54, 1.807) is 42.2 Å². The second kappa shape index (κ2) is 7.28. The molecule has 1 aliphatic heterocycles. The molecule has 1 N–H and O–H groups in total. The molecule has 1 heterocycles. The van der Waals surface area contributed by atoms with E-state index in [0.29, 0.717) is 35.5 Å². The Morgan fingerprint density at radius 1 is 1.27 bits per heavy atom. The number of ether oxygens (including phenoxy) is 1. The summed E-state index contributed by atoms with van der Waals surface area (Å²) in [7, 11) is -3.82. The summed E-state index contributed by atoms with van der Waals surface area (Å²) in [6.45, 7) is 4.30. The molecule has 2 aromatic carbocycles. The maximum Gasteiger partial charge on any atom is 0.265 e. The van der Waals surface area contributed by atoms with Crippen LogP contribution in [0.1, 0.15) is 19.4 Å². The molecule has 0 fully saturated rings. The molecule has 1 amide bonds. The zero-order valence-electron chi connectivity index (χ0n) is 14.5. The summed E-state index contributed by atoms with van der Waals surface area (Å²) in [6.07, 6.45) is 0.700. The molecule has 0 bridgehead atoms. The molecule has 2 aromatic rings. The van der Waals surface area contributed by atoms with Gasteiger partial charge in [0.1, 0.15) is 10.6 Å². The molecule has 0 unspecified atom stereocenters. The highest BCUT2D eigenvalue weighted by atomic mass is 79.9. The van der Waals surface area contributed by atoms with Crippen LogP contribution in [0.3, 0.4) is 0 Å². The van der Waals surface area contributed by atoms with Crippen molar-refractivity contribution in [3.8, 4) is 5.75 Å². The van der Waals surface area contributed by atoms with Gasteiger partial charge in [-0.1, -0.05) is 15.9 Å². The number of hydrogen-bond donors (Lipinski definition) is 1. The third kappa shape index (κ3) is 3.71. The SMILES string of the molecule is CCOc1ccc(Br)cc1S(=O)(=O)Nc1ccc2c(c1)CCN2C(C)=O. The van der Waals surface area contributed by atoms with E-state index in [0.717, 1.165) is 11.3 Å². The van der Waals surface area contributed by atoms with Crippen molar-refractivity contribution in [3.05, 3.63) is 46.4 Å². The Labute approximate surface area is 161 Å². The average molecular weight is 439 g/mol. The smallest absolute Gasteiger partial charge is 0.265 e. The number of anilines is 2. The van der Waals surface area contributed by atoms with Crippen molar-refractivity contribution < 1.29 is 17.9 Å². The second-order valence-corrected chi connectivity index (χ2v) is 8.46. The molecule has 3 rings (SSSR count). The van der Waals surface area contributed by atoms with Gasteiger partial charge in [0.2, 0.25) is 5.91 Å². The molecule has 0 saturated heterocycles. The number of halogens is 1. The van der Waals surface area contributed by atoms with Gasteiger partial charge in [0.25, 0.3) is 10.0 Å². The molecule has 0 saturated carbocycles. The number of fused-ring (bicyclic) bond motifs is 1. The fourth-order valence-corrected chi connectivity index (χ4v) is 4.70. The summed E-state index contributed by atoms with van der Waals surface area (Å²) >= 11 is 3.30. The lowest BCUT2D eigenvalue weighted by Crippen LogP contribution is -2.25.